The van der Waals surface area contributed by atoms with Crippen LogP contribution in [0.2, 0.25) is 0 Å². The second kappa shape index (κ2) is 6.28. The predicted octanol–water partition coefficient (Wildman–Crippen LogP) is 3.71. The number of fused-ring (bicyclic) bond motifs is 1. The smallest absolute Gasteiger partial charge is 0.308 e. The fourth-order valence-corrected chi connectivity index (χ4v) is 3.63. The number of esters is 1. The van der Waals surface area contributed by atoms with Crippen molar-refractivity contribution >= 4 is 32.8 Å². The topological polar surface area (TPSA) is 53.4 Å². The average molecular weight is 367 g/mol. The molecular weight excluding hydrogens is 348 g/mol. The Bertz CT molecular complexity index is 690. The highest BCUT2D eigenvalue weighted by Crippen LogP contribution is 2.35. The van der Waals surface area contributed by atoms with E-state index in [1.807, 2.05) is 16.8 Å². The van der Waals surface area contributed by atoms with Crippen LogP contribution >= 0.6 is 15.9 Å². The molecule has 1 heterocycles. The number of nitrogens with zero attached hydrogens (tertiary/aromatic N) is 2. The molecule has 6 heteroatoms. The maximum atomic E-state index is 11.6. The maximum Gasteiger partial charge on any atom is 0.308 e. The lowest BCUT2D eigenvalue weighted by Gasteiger charge is -2.27. The maximum absolute atomic E-state index is 11.6. The monoisotopic (exact) mass is 366 g/mol. The summed E-state index contributed by atoms with van der Waals surface area (Å²) >= 11 is 3.49. The first-order valence-electron chi connectivity index (χ1n) is 7.42. The molecule has 5 nitrogen and oxygen atoms in total. The number of methoxy groups -OCH3 is 2. The van der Waals surface area contributed by atoms with Gasteiger partial charge < -0.3 is 9.47 Å². The molecule has 0 unspecified atom stereocenters. The third kappa shape index (κ3) is 2.84. The van der Waals surface area contributed by atoms with Gasteiger partial charge in [0.05, 0.1) is 26.2 Å². The van der Waals surface area contributed by atoms with Crippen LogP contribution in [0.1, 0.15) is 31.7 Å². The Kier molecular flexibility index (Phi) is 4.38. The molecule has 22 heavy (non-hydrogen) atoms. The minimum absolute atomic E-state index is 0.0370. The van der Waals surface area contributed by atoms with Gasteiger partial charge in [0.15, 0.2) is 0 Å². The Labute approximate surface area is 137 Å². The molecule has 0 N–H and O–H groups in total. The van der Waals surface area contributed by atoms with Crippen molar-refractivity contribution in [3.63, 3.8) is 0 Å². The molecule has 0 aliphatic heterocycles. The second-order valence-electron chi connectivity index (χ2n) is 5.68. The number of carbonyl (C=O) groups excluding carboxylic acids is 1. The number of benzene rings is 1. The summed E-state index contributed by atoms with van der Waals surface area (Å²) in [6.07, 6.45) is 5.66. The number of hydrogen-bond acceptors (Lipinski definition) is 4. The number of aromatic nitrogens is 2. The van der Waals surface area contributed by atoms with Crippen LogP contribution < -0.4 is 4.74 Å². The normalized spacial score (nSPS) is 21.8. The molecule has 0 saturated heterocycles. The van der Waals surface area contributed by atoms with Gasteiger partial charge in [-0.15, -0.1) is 0 Å². The van der Waals surface area contributed by atoms with Gasteiger partial charge in [-0.05, 0) is 37.8 Å². The highest BCUT2D eigenvalue weighted by molar-refractivity contribution is 9.10. The van der Waals surface area contributed by atoms with E-state index in [0.29, 0.717) is 6.04 Å². The average Bonchev–Trinajstić information content (AvgIpc) is 2.97. The minimum atomic E-state index is -0.0883. The Morgan fingerprint density at radius 1 is 1.27 bits per heavy atom. The molecule has 0 radical (unpaired) electrons. The van der Waals surface area contributed by atoms with E-state index in [1.165, 1.54) is 7.11 Å². The lowest BCUT2D eigenvalue weighted by atomic mass is 9.86. The summed E-state index contributed by atoms with van der Waals surface area (Å²) in [5, 5.41) is 5.75. The number of ether oxygens (including phenoxy) is 2. The van der Waals surface area contributed by atoms with Crippen LogP contribution in [0, 0.1) is 5.92 Å². The highest BCUT2D eigenvalue weighted by Gasteiger charge is 2.28. The summed E-state index contributed by atoms with van der Waals surface area (Å²) in [5.74, 6) is 0.718. The van der Waals surface area contributed by atoms with E-state index in [2.05, 4.69) is 22.1 Å². The van der Waals surface area contributed by atoms with Crippen molar-refractivity contribution in [1.82, 2.24) is 9.78 Å². The molecule has 1 aliphatic rings. The number of carbonyl (C=O) groups is 1. The molecule has 0 bridgehead atoms. The lowest BCUT2D eigenvalue weighted by Crippen LogP contribution is -2.24. The summed E-state index contributed by atoms with van der Waals surface area (Å²) in [4.78, 5) is 11.6. The molecule has 1 aromatic carbocycles. The third-order valence-electron chi connectivity index (χ3n) is 4.38. The van der Waals surface area contributed by atoms with Crippen LogP contribution in [0.25, 0.3) is 10.9 Å². The molecule has 0 amide bonds. The number of halogens is 1. The van der Waals surface area contributed by atoms with E-state index >= 15 is 0 Å². The standard InChI is InChI=1S/C16H19BrN2O3/c1-21-14-8-12(17)7-11-9-19(18-15(11)14)13-5-3-10(4-6-13)16(20)22-2/h7-10,13H,3-6H2,1-2H3. The van der Waals surface area contributed by atoms with Crippen LogP contribution in [0.5, 0.6) is 5.75 Å². The summed E-state index contributed by atoms with van der Waals surface area (Å²) < 4.78 is 13.2. The summed E-state index contributed by atoms with van der Waals surface area (Å²) in [6, 6.07) is 4.30. The first kappa shape index (κ1) is 15.3. The van der Waals surface area contributed by atoms with Crippen molar-refractivity contribution in [3.8, 4) is 5.75 Å². The van der Waals surface area contributed by atoms with Crippen molar-refractivity contribution in [2.45, 2.75) is 31.7 Å². The van der Waals surface area contributed by atoms with Gasteiger partial charge in [0.2, 0.25) is 0 Å². The number of hydrogen-bond donors (Lipinski definition) is 0. The molecule has 2 aromatic rings. The molecular formula is C16H19BrN2O3. The van der Waals surface area contributed by atoms with Gasteiger partial charge in [0, 0.05) is 16.1 Å². The van der Waals surface area contributed by atoms with Gasteiger partial charge in [-0.25, -0.2) is 0 Å². The van der Waals surface area contributed by atoms with Crippen LogP contribution in [0.3, 0.4) is 0 Å². The van der Waals surface area contributed by atoms with Gasteiger partial charge in [-0.2, -0.15) is 5.10 Å². The fourth-order valence-electron chi connectivity index (χ4n) is 3.17. The van der Waals surface area contributed by atoms with Gasteiger partial charge in [0.25, 0.3) is 0 Å². The molecule has 1 aromatic heterocycles. The zero-order valence-electron chi connectivity index (χ0n) is 12.7. The molecule has 0 atom stereocenters. The van der Waals surface area contributed by atoms with Gasteiger partial charge >= 0.3 is 5.97 Å². The Hall–Kier alpha value is -1.56. The number of rotatable bonds is 3. The van der Waals surface area contributed by atoms with Gasteiger partial charge in [0.1, 0.15) is 11.3 Å². The van der Waals surface area contributed by atoms with Crippen LogP contribution in [-0.4, -0.2) is 30.0 Å². The quantitative estimate of drug-likeness (QED) is 0.776. The zero-order chi connectivity index (χ0) is 15.7. The Morgan fingerprint density at radius 2 is 2.00 bits per heavy atom. The van der Waals surface area contributed by atoms with Gasteiger partial charge in [-0.1, -0.05) is 15.9 Å². The molecule has 0 spiro atoms. The fraction of sp³-hybridized carbons (Fsp3) is 0.500. The van der Waals surface area contributed by atoms with E-state index in [-0.39, 0.29) is 11.9 Å². The van der Waals surface area contributed by atoms with Crippen molar-refractivity contribution in [1.29, 1.82) is 0 Å². The minimum Gasteiger partial charge on any atom is -0.494 e. The largest absolute Gasteiger partial charge is 0.494 e. The van der Waals surface area contributed by atoms with E-state index in [4.69, 9.17) is 14.6 Å². The van der Waals surface area contributed by atoms with E-state index in [9.17, 15) is 4.79 Å². The Balaban J connectivity index is 1.82. The highest BCUT2D eigenvalue weighted by atomic mass is 79.9. The van der Waals surface area contributed by atoms with Crippen molar-refractivity contribution in [2.24, 2.45) is 5.92 Å². The summed E-state index contributed by atoms with van der Waals surface area (Å²) in [5.41, 5.74) is 0.876. The molecule has 1 saturated carbocycles. The third-order valence-corrected chi connectivity index (χ3v) is 4.84. The lowest BCUT2D eigenvalue weighted by molar-refractivity contribution is -0.146. The van der Waals surface area contributed by atoms with Crippen LogP contribution in [0.15, 0.2) is 22.8 Å². The van der Waals surface area contributed by atoms with Crippen molar-refractivity contribution in [3.05, 3.63) is 22.8 Å². The second-order valence-corrected chi connectivity index (χ2v) is 6.60. The van der Waals surface area contributed by atoms with E-state index in [0.717, 1.165) is 46.8 Å². The van der Waals surface area contributed by atoms with Gasteiger partial charge in [-0.3, -0.25) is 9.48 Å². The molecule has 3 rings (SSSR count). The molecule has 118 valence electrons. The van der Waals surface area contributed by atoms with Crippen LogP contribution in [0.4, 0.5) is 0 Å². The van der Waals surface area contributed by atoms with Crippen LogP contribution in [-0.2, 0) is 9.53 Å². The first-order chi connectivity index (χ1) is 10.6. The SMILES string of the molecule is COC(=O)C1CCC(n2cc3cc(Br)cc(OC)c3n2)CC1. The summed E-state index contributed by atoms with van der Waals surface area (Å²) in [6.45, 7) is 0. The van der Waals surface area contributed by atoms with Crippen molar-refractivity contribution < 1.29 is 14.3 Å². The molecule has 1 fully saturated rings. The Morgan fingerprint density at radius 3 is 2.64 bits per heavy atom. The first-order valence-corrected chi connectivity index (χ1v) is 8.22. The van der Waals surface area contributed by atoms with Crippen molar-refractivity contribution in [2.75, 3.05) is 14.2 Å². The summed E-state index contributed by atoms with van der Waals surface area (Å²) in [7, 11) is 3.11. The predicted molar refractivity (Wildman–Crippen MR) is 87.0 cm³/mol. The molecule has 1 aliphatic carbocycles. The van der Waals surface area contributed by atoms with E-state index < -0.39 is 0 Å². The zero-order valence-corrected chi connectivity index (χ0v) is 14.3. The van der Waals surface area contributed by atoms with E-state index in [1.54, 1.807) is 7.11 Å².